The van der Waals surface area contributed by atoms with E-state index in [1.54, 1.807) is 24.3 Å². The maximum atomic E-state index is 13.1. The van der Waals surface area contributed by atoms with Gasteiger partial charge in [-0.15, -0.1) is 0 Å². The quantitative estimate of drug-likeness (QED) is 0.669. The van der Waals surface area contributed by atoms with Gasteiger partial charge in [-0.05, 0) is 42.0 Å². The fourth-order valence-corrected chi connectivity index (χ4v) is 1.77. The van der Waals surface area contributed by atoms with E-state index in [9.17, 15) is 9.18 Å². The summed E-state index contributed by atoms with van der Waals surface area (Å²) in [5, 5.41) is 2.78. The first-order valence-electron chi connectivity index (χ1n) is 5.84. The molecule has 2 aromatic carbocycles. The second kappa shape index (κ2) is 6.21. The van der Waals surface area contributed by atoms with Crippen molar-refractivity contribution in [2.24, 2.45) is 0 Å². The predicted molar refractivity (Wildman–Crippen MR) is 79.9 cm³/mol. The highest BCUT2D eigenvalue weighted by Gasteiger charge is 2.04. The highest BCUT2D eigenvalue weighted by molar-refractivity contribution is 6.33. The number of halogens is 2. The molecule has 0 saturated heterocycles. The molecule has 0 bridgehead atoms. The highest BCUT2D eigenvalue weighted by atomic mass is 35.5. The largest absolute Gasteiger partial charge is 0.399 e. The molecule has 0 aromatic heterocycles. The lowest BCUT2D eigenvalue weighted by atomic mass is 10.2. The van der Waals surface area contributed by atoms with E-state index < -0.39 is 11.7 Å². The van der Waals surface area contributed by atoms with E-state index in [4.69, 9.17) is 17.3 Å². The SMILES string of the molecule is Nc1cccc(/C=C/C(=O)Nc2cc(F)ccc2Cl)c1. The fourth-order valence-electron chi connectivity index (χ4n) is 1.60. The number of amides is 1. The van der Waals surface area contributed by atoms with Crippen LogP contribution in [0.2, 0.25) is 5.02 Å². The maximum Gasteiger partial charge on any atom is 0.248 e. The van der Waals surface area contributed by atoms with E-state index in [1.807, 2.05) is 6.07 Å². The van der Waals surface area contributed by atoms with Crippen molar-refractivity contribution in [1.29, 1.82) is 0 Å². The molecule has 5 heteroatoms. The number of hydrogen-bond donors (Lipinski definition) is 2. The van der Waals surface area contributed by atoms with Crippen molar-refractivity contribution in [2.75, 3.05) is 11.1 Å². The first kappa shape index (κ1) is 14.1. The molecule has 0 aliphatic heterocycles. The van der Waals surface area contributed by atoms with Crippen molar-refractivity contribution in [1.82, 2.24) is 0 Å². The maximum absolute atomic E-state index is 13.1. The molecule has 3 N–H and O–H groups in total. The monoisotopic (exact) mass is 290 g/mol. The molecule has 3 nitrogen and oxygen atoms in total. The summed E-state index contributed by atoms with van der Waals surface area (Å²) in [4.78, 5) is 11.7. The lowest BCUT2D eigenvalue weighted by molar-refractivity contribution is -0.111. The topological polar surface area (TPSA) is 55.1 Å². The molecule has 0 fully saturated rings. The minimum absolute atomic E-state index is 0.230. The van der Waals surface area contributed by atoms with E-state index in [0.29, 0.717) is 5.69 Å². The van der Waals surface area contributed by atoms with E-state index in [0.717, 1.165) is 11.6 Å². The van der Waals surface area contributed by atoms with Crippen LogP contribution in [0.15, 0.2) is 48.5 Å². The van der Waals surface area contributed by atoms with E-state index in [-0.39, 0.29) is 10.7 Å². The van der Waals surface area contributed by atoms with Crippen molar-refractivity contribution in [3.8, 4) is 0 Å². The number of benzene rings is 2. The molecule has 0 radical (unpaired) electrons. The Bertz CT molecular complexity index is 671. The van der Waals surface area contributed by atoms with Crippen molar-refractivity contribution in [3.63, 3.8) is 0 Å². The third-order valence-electron chi connectivity index (χ3n) is 2.52. The molecular weight excluding hydrogens is 279 g/mol. The Hall–Kier alpha value is -2.33. The van der Waals surface area contributed by atoms with Gasteiger partial charge >= 0.3 is 0 Å². The molecule has 0 atom stereocenters. The van der Waals surface area contributed by atoms with Crippen molar-refractivity contribution in [2.45, 2.75) is 0 Å². The number of carbonyl (C=O) groups is 1. The van der Waals surface area contributed by atoms with Crippen molar-refractivity contribution < 1.29 is 9.18 Å². The number of nitrogen functional groups attached to an aromatic ring is 1. The molecule has 20 heavy (non-hydrogen) atoms. The predicted octanol–water partition coefficient (Wildman–Crippen LogP) is 3.71. The molecule has 1 amide bonds. The summed E-state index contributed by atoms with van der Waals surface area (Å²) < 4.78 is 13.1. The highest BCUT2D eigenvalue weighted by Crippen LogP contribution is 2.22. The van der Waals surface area contributed by atoms with Gasteiger partial charge in [0.2, 0.25) is 5.91 Å². The fraction of sp³-hybridized carbons (Fsp3) is 0. The number of anilines is 2. The summed E-state index contributed by atoms with van der Waals surface area (Å²) >= 11 is 5.86. The van der Waals surface area contributed by atoms with Crippen molar-refractivity contribution >= 4 is 35.0 Å². The molecular formula is C15H12ClFN2O. The number of carbonyl (C=O) groups excluding carboxylic acids is 1. The van der Waals surface area contributed by atoms with Gasteiger partial charge in [0.25, 0.3) is 0 Å². The Morgan fingerprint density at radius 1 is 1.25 bits per heavy atom. The number of rotatable bonds is 3. The van der Waals surface area contributed by atoms with Crippen LogP contribution in [0, 0.1) is 5.82 Å². The smallest absolute Gasteiger partial charge is 0.248 e. The van der Waals surface area contributed by atoms with Gasteiger partial charge in [0, 0.05) is 11.8 Å². The molecule has 0 heterocycles. The first-order valence-corrected chi connectivity index (χ1v) is 6.22. The Labute approximate surface area is 120 Å². The summed E-state index contributed by atoms with van der Waals surface area (Å²) in [5.41, 5.74) is 7.27. The summed E-state index contributed by atoms with van der Waals surface area (Å²) in [7, 11) is 0. The number of hydrogen-bond acceptors (Lipinski definition) is 2. The third-order valence-corrected chi connectivity index (χ3v) is 2.85. The second-order valence-corrected chi connectivity index (χ2v) is 4.52. The molecule has 0 aliphatic rings. The summed E-state index contributed by atoms with van der Waals surface area (Å²) in [5.74, 6) is -0.871. The molecule has 0 saturated carbocycles. The van der Waals surface area contributed by atoms with Gasteiger partial charge in [-0.2, -0.15) is 0 Å². The van der Waals surface area contributed by atoms with Gasteiger partial charge in [0.15, 0.2) is 0 Å². The molecule has 102 valence electrons. The molecule has 2 aromatic rings. The minimum atomic E-state index is -0.468. The van der Waals surface area contributed by atoms with E-state index >= 15 is 0 Å². The summed E-state index contributed by atoms with van der Waals surface area (Å²) in [6.45, 7) is 0. The van der Waals surface area contributed by atoms with Crippen LogP contribution in [0.1, 0.15) is 5.56 Å². The Morgan fingerprint density at radius 2 is 2.05 bits per heavy atom. The average Bonchev–Trinajstić information content (AvgIpc) is 2.41. The zero-order chi connectivity index (χ0) is 14.5. The lowest BCUT2D eigenvalue weighted by Crippen LogP contribution is -2.08. The number of nitrogens with two attached hydrogens (primary N) is 1. The van der Waals surface area contributed by atoms with Crippen LogP contribution < -0.4 is 11.1 Å². The van der Waals surface area contributed by atoms with Crippen LogP contribution in [0.3, 0.4) is 0 Å². The average molecular weight is 291 g/mol. The minimum Gasteiger partial charge on any atom is -0.399 e. The zero-order valence-corrected chi connectivity index (χ0v) is 11.2. The summed E-state index contributed by atoms with van der Waals surface area (Å²) in [6, 6.07) is 10.9. The molecule has 0 spiro atoms. The zero-order valence-electron chi connectivity index (χ0n) is 10.4. The van der Waals surface area contributed by atoms with Crippen molar-refractivity contribution in [3.05, 3.63) is 64.9 Å². The van der Waals surface area contributed by atoms with Gasteiger partial charge in [-0.3, -0.25) is 4.79 Å². The van der Waals surface area contributed by atoms with Gasteiger partial charge in [-0.1, -0.05) is 23.7 Å². The Balaban J connectivity index is 2.07. The van der Waals surface area contributed by atoms with Gasteiger partial charge in [-0.25, -0.2) is 4.39 Å². The van der Waals surface area contributed by atoms with Crippen LogP contribution in [0.5, 0.6) is 0 Å². The van der Waals surface area contributed by atoms with Crippen LogP contribution >= 0.6 is 11.6 Å². The lowest BCUT2D eigenvalue weighted by Gasteiger charge is -2.04. The Morgan fingerprint density at radius 3 is 2.80 bits per heavy atom. The van der Waals surface area contributed by atoms with Gasteiger partial charge < -0.3 is 11.1 Å². The van der Waals surface area contributed by atoms with Gasteiger partial charge in [0.05, 0.1) is 10.7 Å². The van der Waals surface area contributed by atoms with E-state index in [1.165, 1.54) is 18.2 Å². The molecule has 2 rings (SSSR count). The normalized spacial score (nSPS) is 10.7. The third kappa shape index (κ3) is 3.83. The number of nitrogens with one attached hydrogen (secondary N) is 1. The molecule has 0 unspecified atom stereocenters. The van der Waals surface area contributed by atoms with Gasteiger partial charge in [0.1, 0.15) is 5.82 Å². The standard InChI is InChI=1S/C15H12ClFN2O/c16-13-6-5-11(17)9-14(13)19-15(20)7-4-10-2-1-3-12(18)8-10/h1-9H,18H2,(H,19,20)/b7-4+. The summed E-state index contributed by atoms with van der Waals surface area (Å²) in [6.07, 6.45) is 2.94. The first-order chi connectivity index (χ1) is 9.54. The van der Waals surface area contributed by atoms with Crippen LogP contribution in [-0.4, -0.2) is 5.91 Å². The molecule has 0 aliphatic carbocycles. The van der Waals surface area contributed by atoms with Crippen LogP contribution in [-0.2, 0) is 4.79 Å². The second-order valence-electron chi connectivity index (χ2n) is 4.12. The Kier molecular flexibility index (Phi) is 4.38. The van der Waals surface area contributed by atoms with Crippen LogP contribution in [0.4, 0.5) is 15.8 Å². The van der Waals surface area contributed by atoms with E-state index in [2.05, 4.69) is 5.32 Å². The van der Waals surface area contributed by atoms with Crippen LogP contribution in [0.25, 0.3) is 6.08 Å².